The third kappa shape index (κ3) is 1.18. The van der Waals surface area contributed by atoms with Gasteiger partial charge in [-0.15, -0.1) is 0 Å². The van der Waals surface area contributed by atoms with Crippen LogP contribution in [0.3, 0.4) is 0 Å². The third-order valence-electron chi connectivity index (χ3n) is 2.24. The van der Waals surface area contributed by atoms with Crippen LogP contribution in [0.5, 0.6) is 11.5 Å². The highest BCUT2D eigenvalue weighted by Crippen LogP contribution is 2.39. The molecule has 1 aromatic carbocycles. The number of carbonyl (C=O) groups excluding carboxylic acids is 2. The Morgan fingerprint density at radius 1 is 0.875 bits per heavy atom. The molecule has 0 unspecified atom stereocenters. The molecular weight excluding hydrogens is 236 g/mol. The van der Waals surface area contributed by atoms with Crippen LogP contribution in [0.1, 0.15) is 15.9 Å². The average molecular weight is 241 g/mol. The highest BCUT2D eigenvalue weighted by Gasteiger charge is 2.36. The Balaban J connectivity index is 2.91. The van der Waals surface area contributed by atoms with Crippen molar-refractivity contribution in [1.82, 2.24) is 0 Å². The largest absolute Gasteiger partial charge is 0.507 e. The summed E-state index contributed by atoms with van der Waals surface area (Å²) in [5.74, 6) is -3.83. The minimum atomic E-state index is -1.12. The molecule has 0 atom stereocenters. The van der Waals surface area contributed by atoms with Gasteiger partial charge in [0.25, 0.3) is 0 Å². The Hall–Kier alpha value is -2.01. The first-order chi connectivity index (χ1) is 7.45. The fourth-order valence-electron chi connectivity index (χ4n) is 1.48. The Morgan fingerprint density at radius 3 is 1.94 bits per heavy atom. The van der Waals surface area contributed by atoms with Crippen LogP contribution >= 0.6 is 11.6 Å². The zero-order valence-corrected chi connectivity index (χ0v) is 8.45. The summed E-state index contributed by atoms with van der Waals surface area (Å²) in [5.41, 5.74) is -0.762. The van der Waals surface area contributed by atoms with Crippen LogP contribution in [-0.4, -0.2) is 26.9 Å². The van der Waals surface area contributed by atoms with E-state index in [9.17, 15) is 24.9 Å². The van der Waals surface area contributed by atoms with Crippen molar-refractivity contribution in [2.75, 3.05) is 0 Å². The van der Waals surface area contributed by atoms with Crippen LogP contribution in [0.25, 0.3) is 5.76 Å². The standard InChI is InChI=1S/C10H5ClO5/c11-7-8(14)5-3(12)1-2-4(13)6(5)9(15)10(7)16/h1-2,12-14H. The second-order valence-electron chi connectivity index (χ2n) is 3.17. The van der Waals surface area contributed by atoms with E-state index in [1.54, 1.807) is 0 Å². The zero-order valence-electron chi connectivity index (χ0n) is 7.69. The van der Waals surface area contributed by atoms with Crippen molar-refractivity contribution < 1.29 is 24.9 Å². The van der Waals surface area contributed by atoms with Crippen LogP contribution in [0, 0.1) is 0 Å². The van der Waals surface area contributed by atoms with Gasteiger partial charge in [0.1, 0.15) is 22.3 Å². The van der Waals surface area contributed by atoms with Crippen LogP contribution in [0.4, 0.5) is 0 Å². The molecule has 0 radical (unpaired) electrons. The van der Waals surface area contributed by atoms with Gasteiger partial charge < -0.3 is 15.3 Å². The van der Waals surface area contributed by atoms with Gasteiger partial charge in [-0.1, -0.05) is 11.6 Å². The minimum absolute atomic E-state index is 0.324. The SMILES string of the molecule is O=C1C(=O)c2c(O)ccc(O)c2C(O)=C1Cl. The van der Waals surface area contributed by atoms with Crippen LogP contribution in [-0.2, 0) is 4.79 Å². The molecule has 0 spiro atoms. The van der Waals surface area contributed by atoms with E-state index in [1.165, 1.54) is 0 Å². The van der Waals surface area contributed by atoms with Crippen molar-refractivity contribution in [1.29, 1.82) is 0 Å². The Kier molecular flexibility index (Phi) is 2.13. The summed E-state index contributed by atoms with van der Waals surface area (Å²) in [6.07, 6.45) is 0. The molecule has 2 rings (SSSR count). The maximum absolute atomic E-state index is 11.5. The van der Waals surface area contributed by atoms with Crippen LogP contribution < -0.4 is 0 Å². The molecule has 16 heavy (non-hydrogen) atoms. The average Bonchev–Trinajstić information content (AvgIpc) is 2.26. The second-order valence-corrected chi connectivity index (χ2v) is 3.55. The Labute approximate surface area is 94.2 Å². The van der Waals surface area contributed by atoms with Gasteiger partial charge in [-0.05, 0) is 12.1 Å². The van der Waals surface area contributed by atoms with Gasteiger partial charge in [-0.25, -0.2) is 0 Å². The molecular formula is C10H5ClO5. The third-order valence-corrected chi connectivity index (χ3v) is 2.59. The lowest BCUT2D eigenvalue weighted by Gasteiger charge is -2.16. The molecule has 0 saturated carbocycles. The monoisotopic (exact) mass is 240 g/mol. The molecule has 1 aliphatic carbocycles. The number of allylic oxidation sites excluding steroid dienone is 1. The van der Waals surface area contributed by atoms with E-state index >= 15 is 0 Å². The predicted molar refractivity (Wildman–Crippen MR) is 54.5 cm³/mol. The number of phenolic OH excluding ortho intramolecular Hbond substituents is 2. The number of ketones is 2. The number of hydrogen-bond donors (Lipinski definition) is 3. The first-order valence-corrected chi connectivity index (χ1v) is 4.56. The van der Waals surface area contributed by atoms with Gasteiger partial charge >= 0.3 is 0 Å². The molecule has 1 aliphatic rings. The van der Waals surface area contributed by atoms with E-state index in [4.69, 9.17) is 11.6 Å². The van der Waals surface area contributed by atoms with Crippen molar-refractivity contribution >= 4 is 28.9 Å². The number of carbonyl (C=O) groups is 2. The summed E-state index contributed by atoms with van der Waals surface area (Å²) in [7, 11) is 0. The van der Waals surface area contributed by atoms with E-state index in [0.717, 1.165) is 12.1 Å². The highest BCUT2D eigenvalue weighted by atomic mass is 35.5. The van der Waals surface area contributed by atoms with Crippen molar-refractivity contribution in [2.45, 2.75) is 0 Å². The number of aliphatic hydroxyl groups excluding tert-OH is 1. The maximum atomic E-state index is 11.5. The Morgan fingerprint density at radius 2 is 1.38 bits per heavy atom. The summed E-state index contributed by atoms with van der Waals surface area (Å²) in [4.78, 5) is 22.8. The molecule has 3 N–H and O–H groups in total. The van der Waals surface area contributed by atoms with Crippen molar-refractivity contribution in [3.8, 4) is 11.5 Å². The van der Waals surface area contributed by atoms with Crippen LogP contribution in [0.2, 0.25) is 0 Å². The molecule has 0 heterocycles. The number of phenols is 2. The van der Waals surface area contributed by atoms with Gasteiger partial charge in [0, 0.05) is 0 Å². The van der Waals surface area contributed by atoms with Crippen LogP contribution in [0.15, 0.2) is 17.2 Å². The van der Waals surface area contributed by atoms with E-state index in [0.29, 0.717) is 0 Å². The molecule has 0 amide bonds. The first kappa shape index (κ1) is 10.5. The highest BCUT2D eigenvalue weighted by molar-refractivity contribution is 6.64. The first-order valence-electron chi connectivity index (χ1n) is 4.18. The molecule has 6 heteroatoms. The summed E-state index contributed by atoms with van der Waals surface area (Å²) in [6, 6.07) is 2.13. The fourth-order valence-corrected chi connectivity index (χ4v) is 1.66. The molecule has 0 fully saturated rings. The number of fused-ring (bicyclic) bond motifs is 1. The number of halogens is 1. The van der Waals surface area contributed by atoms with E-state index in [1.807, 2.05) is 0 Å². The normalized spacial score (nSPS) is 15.3. The maximum Gasteiger partial charge on any atom is 0.248 e. The van der Waals surface area contributed by atoms with Crippen molar-refractivity contribution in [3.05, 3.63) is 28.3 Å². The summed E-state index contributed by atoms with van der Waals surface area (Å²) < 4.78 is 0. The van der Waals surface area contributed by atoms with Crippen molar-refractivity contribution in [3.63, 3.8) is 0 Å². The molecule has 0 aromatic heterocycles. The molecule has 5 nitrogen and oxygen atoms in total. The predicted octanol–water partition coefficient (Wildman–Crippen LogP) is 1.33. The van der Waals surface area contributed by atoms with Gasteiger partial charge in [-0.2, -0.15) is 0 Å². The summed E-state index contributed by atoms with van der Waals surface area (Å²) in [6.45, 7) is 0. The number of benzene rings is 1. The Bertz CT molecular complexity index is 559. The lowest BCUT2D eigenvalue weighted by Crippen LogP contribution is -2.22. The fraction of sp³-hybridized carbons (Fsp3) is 0. The number of rotatable bonds is 0. The van der Waals surface area contributed by atoms with Gasteiger partial charge in [0.05, 0.1) is 11.1 Å². The topological polar surface area (TPSA) is 94.8 Å². The van der Waals surface area contributed by atoms with Gasteiger partial charge in [0.15, 0.2) is 0 Å². The molecule has 1 aromatic rings. The summed E-state index contributed by atoms with van der Waals surface area (Å²) >= 11 is 5.43. The van der Waals surface area contributed by atoms with E-state index in [2.05, 4.69) is 0 Å². The number of aromatic hydroxyl groups is 2. The second kappa shape index (κ2) is 3.24. The van der Waals surface area contributed by atoms with Gasteiger partial charge in [-0.3, -0.25) is 9.59 Å². The lowest BCUT2D eigenvalue weighted by atomic mass is 9.92. The zero-order chi connectivity index (χ0) is 12.0. The quantitative estimate of drug-likeness (QED) is 0.470. The van der Waals surface area contributed by atoms with E-state index < -0.39 is 39.4 Å². The molecule has 0 aliphatic heterocycles. The van der Waals surface area contributed by atoms with E-state index in [-0.39, 0.29) is 5.56 Å². The smallest absolute Gasteiger partial charge is 0.248 e. The lowest BCUT2D eigenvalue weighted by molar-refractivity contribution is -0.111. The van der Waals surface area contributed by atoms with Crippen molar-refractivity contribution in [2.24, 2.45) is 0 Å². The number of hydrogen-bond acceptors (Lipinski definition) is 5. The number of Topliss-reactive ketones (excluding diaryl/α,β-unsaturated/α-hetero) is 2. The molecule has 82 valence electrons. The number of aliphatic hydroxyl groups is 1. The molecule has 0 saturated heterocycles. The van der Waals surface area contributed by atoms with Gasteiger partial charge in [0.2, 0.25) is 11.6 Å². The molecule has 0 bridgehead atoms. The summed E-state index contributed by atoms with van der Waals surface area (Å²) in [5, 5.41) is 27.7. The minimum Gasteiger partial charge on any atom is -0.507 e.